The van der Waals surface area contributed by atoms with E-state index < -0.39 is 17.5 Å². The molecule has 96 valence electrons. The number of hydrogen-bond acceptors (Lipinski definition) is 4. The molecule has 1 aliphatic heterocycles. The van der Waals surface area contributed by atoms with E-state index in [-0.39, 0.29) is 12.5 Å². The average molecular weight is 242 g/mol. The minimum Gasteiger partial charge on any atom is -0.323 e. The Kier molecular flexibility index (Phi) is 4.06. The molecule has 7 heteroatoms. The second-order valence-electron chi connectivity index (χ2n) is 4.32. The summed E-state index contributed by atoms with van der Waals surface area (Å²) in [6, 6.07) is -0.544. The third-order valence-corrected chi connectivity index (χ3v) is 2.84. The normalized spacial score (nSPS) is 23.8. The highest BCUT2D eigenvalue weighted by Crippen LogP contribution is 2.23. The highest BCUT2D eigenvalue weighted by atomic mass is 16.2. The van der Waals surface area contributed by atoms with Crippen LogP contribution < -0.4 is 16.6 Å². The van der Waals surface area contributed by atoms with Gasteiger partial charge in [-0.3, -0.25) is 19.9 Å². The van der Waals surface area contributed by atoms with Crippen molar-refractivity contribution in [3.63, 3.8) is 0 Å². The molecule has 0 aliphatic carbocycles. The molecule has 4 amide bonds. The van der Waals surface area contributed by atoms with Gasteiger partial charge in [-0.1, -0.05) is 19.8 Å². The number of hydrazine groups is 1. The number of amides is 4. The fraction of sp³-hybridized carbons (Fsp3) is 0.700. The molecule has 0 aromatic heterocycles. The Labute approximate surface area is 99.7 Å². The van der Waals surface area contributed by atoms with Crippen LogP contribution in [0.4, 0.5) is 4.79 Å². The van der Waals surface area contributed by atoms with E-state index in [4.69, 9.17) is 5.84 Å². The molecule has 0 aromatic carbocycles. The maximum absolute atomic E-state index is 12.0. The van der Waals surface area contributed by atoms with Gasteiger partial charge in [0.1, 0.15) is 12.1 Å². The van der Waals surface area contributed by atoms with Crippen LogP contribution in [0.2, 0.25) is 0 Å². The number of nitrogens with two attached hydrogens (primary N) is 1. The summed E-state index contributed by atoms with van der Waals surface area (Å²) in [6.07, 6.45) is 2.33. The second kappa shape index (κ2) is 5.13. The smallest absolute Gasteiger partial charge is 0.323 e. The summed E-state index contributed by atoms with van der Waals surface area (Å²) in [5.41, 5.74) is 0.990. The standard InChI is InChI=1S/C10H18N4O3/c1-3-4-5-10(2)8(16)14(9(17)12-10)6-7(15)13-11/h3-6,11H2,1-2H3,(H,12,17)(H,13,15). The first kappa shape index (κ1) is 13.4. The number of nitrogens with one attached hydrogen (secondary N) is 2. The number of carbonyl (C=O) groups excluding carboxylic acids is 3. The summed E-state index contributed by atoms with van der Waals surface area (Å²) >= 11 is 0. The van der Waals surface area contributed by atoms with Crippen molar-refractivity contribution in [1.82, 2.24) is 15.6 Å². The summed E-state index contributed by atoms with van der Waals surface area (Å²) in [6.45, 7) is 3.33. The first-order valence-corrected chi connectivity index (χ1v) is 5.58. The van der Waals surface area contributed by atoms with Crippen molar-refractivity contribution < 1.29 is 14.4 Å². The fourth-order valence-electron chi connectivity index (χ4n) is 1.78. The summed E-state index contributed by atoms with van der Waals surface area (Å²) in [7, 11) is 0. The second-order valence-corrected chi connectivity index (χ2v) is 4.32. The Morgan fingerprint density at radius 3 is 2.71 bits per heavy atom. The molecule has 1 heterocycles. The lowest BCUT2D eigenvalue weighted by molar-refractivity contribution is -0.134. The van der Waals surface area contributed by atoms with Crippen molar-refractivity contribution in [3.05, 3.63) is 0 Å². The summed E-state index contributed by atoms with van der Waals surface area (Å²) < 4.78 is 0. The average Bonchev–Trinajstić information content (AvgIpc) is 2.50. The topological polar surface area (TPSA) is 105 Å². The van der Waals surface area contributed by atoms with E-state index in [9.17, 15) is 14.4 Å². The van der Waals surface area contributed by atoms with Crippen molar-refractivity contribution in [1.29, 1.82) is 0 Å². The van der Waals surface area contributed by atoms with Crippen LogP contribution in [0.1, 0.15) is 33.1 Å². The molecular weight excluding hydrogens is 224 g/mol. The minimum atomic E-state index is -0.901. The molecule has 1 fully saturated rings. The SMILES string of the molecule is CCCCC1(C)NC(=O)N(CC(=O)NN)C1=O. The highest BCUT2D eigenvalue weighted by molar-refractivity contribution is 6.08. The van der Waals surface area contributed by atoms with Gasteiger partial charge in [0.2, 0.25) is 0 Å². The van der Waals surface area contributed by atoms with Crippen LogP contribution in [0.15, 0.2) is 0 Å². The Hall–Kier alpha value is -1.63. The Bertz CT molecular complexity index is 344. The molecule has 1 unspecified atom stereocenters. The molecule has 0 saturated carbocycles. The number of rotatable bonds is 5. The molecule has 0 aromatic rings. The number of unbranched alkanes of at least 4 members (excludes halogenated alkanes) is 1. The van der Waals surface area contributed by atoms with Crippen molar-refractivity contribution in [3.8, 4) is 0 Å². The quantitative estimate of drug-likeness (QED) is 0.261. The molecule has 0 bridgehead atoms. The van der Waals surface area contributed by atoms with Crippen LogP contribution in [0.25, 0.3) is 0 Å². The van der Waals surface area contributed by atoms with Gasteiger partial charge in [0.25, 0.3) is 11.8 Å². The molecule has 7 nitrogen and oxygen atoms in total. The first-order valence-electron chi connectivity index (χ1n) is 5.58. The zero-order chi connectivity index (χ0) is 13.1. The summed E-state index contributed by atoms with van der Waals surface area (Å²) in [4.78, 5) is 35.6. The van der Waals surface area contributed by atoms with Crippen LogP contribution in [-0.2, 0) is 9.59 Å². The lowest BCUT2D eigenvalue weighted by Gasteiger charge is -2.20. The molecule has 17 heavy (non-hydrogen) atoms. The number of urea groups is 1. The molecule has 1 saturated heterocycles. The van der Waals surface area contributed by atoms with Gasteiger partial charge in [-0.25, -0.2) is 10.6 Å². The van der Waals surface area contributed by atoms with Crippen LogP contribution in [-0.4, -0.2) is 34.8 Å². The van der Waals surface area contributed by atoms with E-state index in [1.165, 1.54) is 0 Å². The largest absolute Gasteiger partial charge is 0.325 e. The van der Waals surface area contributed by atoms with E-state index in [0.29, 0.717) is 6.42 Å². The number of imide groups is 1. The van der Waals surface area contributed by atoms with Crippen molar-refractivity contribution in [2.75, 3.05) is 6.54 Å². The zero-order valence-corrected chi connectivity index (χ0v) is 10.1. The zero-order valence-electron chi connectivity index (χ0n) is 10.1. The van der Waals surface area contributed by atoms with Crippen LogP contribution in [0.3, 0.4) is 0 Å². The van der Waals surface area contributed by atoms with Gasteiger partial charge in [-0.2, -0.15) is 0 Å². The third-order valence-electron chi connectivity index (χ3n) is 2.84. The van der Waals surface area contributed by atoms with E-state index in [1.54, 1.807) is 6.92 Å². The lowest BCUT2D eigenvalue weighted by atomic mass is 9.95. The maximum Gasteiger partial charge on any atom is 0.325 e. The molecule has 1 rings (SSSR count). The van der Waals surface area contributed by atoms with Gasteiger partial charge >= 0.3 is 6.03 Å². The van der Waals surface area contributed by atoms with Gasteiger partial charge in [-0.15, -0.1) is 0 Å². The number of nitrogens with zero attached hydrogens (tertiary/aromatic N) is 1. The fourth-order valence-corrected chi connectivity index (χ4v) is 1.78. The third kappa shape index (κ3) is 2.73. The molecule has 1 aliphatic rings. The Morgan fingerprint density at radius 1 is 1.53 bits per heavy atom. The van der Waals surface area contributed by atoms with Crippen molar-refractivity contribution >= 4 is 17.8 Å². The van der Waals surface area contributed by atoms with Gasteiger partial charge in [0.15, 0.2) is 0 Å². The van der Waals surface area contributed by atoms with Crippen LogP contribution in [0.5, 0.6) is 0 Å². The maximum atomic E-state index is 12.0. The highest BCUT2D eigenvalue weighted by Gasteiger charge is 2.47. The van der Waals surface area contributed by atoms with E-state index >= 15 is 0 Å². The number of hydrogen-bond donors (Lipinski definition) is 3. The minimum absolute atomic E-state index is 0.344. The Balaban J connectivity index is 2.74. The summed E-state index contributed by atoms with van der Waals surface area (Å²) in [5, 5.41) is 2.61. The van der Waals surface area contributed by atoms with Crippen LogP contribution in [0, 0.1) is 0 Å². The van der Waals surface area contributed by atoms with E-state index in [0.717, 1.165) is 17.7 Å². The van der Waals surface area contributed by atoms with E-state index in [2.05, 4.69) is 5.32 Å². The van der Waals surface area contributed by atoms with Crippen molar-refractivity contribution in [2.24, 2.45) is 5.84 Å². The predicted molar refractivity (Wildman–Crippen MR) is 60.5 cm³/mol. The van der Waals surface area contributed by atoms with Gasteiger partial charge in [0, 0.05) is 0 Å². The molecule has 0 spiro atoms. The number of carbonyl (C=O) groups is 3. The Morgan fingerprint density at radius 2 is 2.18 bits per heavy atom. The molecule has 0 radical (unpaired) electrons. The van der Waals surface area contributed by atoms with Gasteiger partial charge in [0.05, 0.1) is 0 Å². The van der Waals surface area contributed by atoms with Gasteiger partial charge < -0.3 is 5.32 Å². The first-order chi connectivity index (χ1) is 7.94. The monoisotopic (exact) mass is 242 g/mol. The lowest BCUT2D eigenvalue weighted by Crippen LogP contribution is -2.46. The molecule has 4 N–H and O–H groups in total. The molecular formula is C10H18N4O3. The molecule has 1 atom stereocenters. The van der Waals surface area contributed by atoms with Crippen molar-refractivity contribution in [2.45, 2.75) is 38.6 Å². The predicted octanol–water partition coefficient (Wildman–Crippen LogP) is -0.523. The van der Waals surface area contributed by atoms with Gasteiger partial charge in [-0.05, 0) is 13.3 Å². The van der Waals surface area contributed by atoms with E-state index in [1.807, 2.05) is 12.3 Å². The van der Waals surface area contributed by atoms with Crippen LogP contribution >= 0.6 is 0 Å². The summed E-state index contributed by atoms with van der Waals surface area (Å²) in [5.74, 6) is 3.97.